The molecule has 3 heteroatoms. The standard InChI is InChI=1S/C7H8O.C2H6O2/c1-8-7-5-3-2-4-6-7;3-1-2-4/h2-6H,1H3;3-4H,1-2H2. The molecule has 0 aromatic heterocycles. The van der Waals surface area contributed by atoms with Gasteiger partial charge in [0.25, 0.3) is 0 Å². The number of ether oxygens (including phenoxy) is 1. The van der Waals surface area contributed by atoms with Gasteiger partial charge in [0.2, 0.25) is 0 Å². The Morgan fingerprint density at radius 3 is 1.83 bits per heavy atom. The summed E-state index contributed by atoms with van der Waals surface area (Å²) in [5.41, 5.74) is 0. The topological polar surface area (TPSA) is 49.7 Å². The Balaban J connectivity index is 0.000000261. The largest absolute Gasteiger partial charge is 0.497 e. The SMILES string of the molecule is COc1ccccc1.OCCO. The van der Waals surface area contributed by atoms with Crippen LogP contribution in [0.2, 0.25) is 0 Å². The maximum atomic E-state index is 7.62. The zero-order chi connectivity index (χ0) is 9.23. The van der Waals surface area contributed by atoms with Crippen LogP contribution in [0.1, 0.15) is 0 Å². The van der Waals surface area contributed by atoms with Gasteiger partial charge in [-0.1, -0.05) is 18.2 Å². The van der Waals surface area contributed by atoms with Crippen molar-refractivity contribution in [1.82, 2.24) is 0 Å². The Hall–Kier alpha value is -1.06. The van der Waals surface area contributed by atoms with Crippen LogP contribution in [-0.4, -0.2) is 30.5 Å². The Kier molecular flexibility index (Phi) is 7.33. The van der Waals surface area contributed by atoms with Crippen LogP contribution in [0.4, 0.5) is 0 Å². The summed E-state index contributed by atoms with van der Waals surface area (Å²) in [6.07, 6.45) is 0. The van der Waals surface area contributed by atoms with Crippen molar-refractivity contribution in [3.63, 3.8) is 0 Å². The molecule has 0 atom stereocenters. The lowest BCUT2D eigenvalue weighted by Gasteiger charge is -1.93. The van der Waals surface area contributed by atoms with Gasteiger partial charge in [0.15, 0.2) is 0 Å². The second-order valence-corrected chi connectivity index (χ2v) is 1.96. The van der Waals surface area contributed by atoms with Crippen LogP contribution in [0.3, 0.4) is 0 Å². The molecular weight excluding hydrogens is 156 g/mol. The smallest absolute Gasteiger partial charge is 0.118 e. The van der Waals surface area contributed by atoms with Crippen LogP contribution in [0.5, 0.6) is 5.75 Å². The van der Waals surface area contributed by atoms with Crippen LogP contribution >= 0.6 is 0 Å². The zero-order valence-corrected chi connectivity index (χ0v) is 7.10. The van der Waals surface area contributed by atoms with Crippen molar-refractivity contribution in [2.75, 3.05) is 20.3 Å². The van der Waals surface area contributed by atoms with Gasteiger partial charge in [0.05, 0.1) is 20.3 Å². The summed E-state index contributed by atoms with van der Waals surface area (Å²) in [4.78, 5) is 0. The molecule has 0 aliphatic rings. The Morgan fingerprint density at radius 1 is 1.08 bits per heavy atom. The van der Waals surface area contributed by atoms with Crippen LogP contribution in [0.25, 0.3) is 0 Å². The van der Waals surface area contributed by atoms with Gasteiger partial charge in [-0.15, -0.1) is 0 Å². The van der Waals surface area contributed by atoms with E-state index < -0.39 is 0 Å². The molecule has 68 valence electrons. The molecule has 0 fully saturated rings. The predicted molar refractivity (Wildman–Crippen MR) is 47.2 cm³/mol. The predicted octanol–water partition coefficient (Wildman–Crippen LogP) is 0.666. The lowest BCUT2D eigenvalue weighted by molar-refractivity contribution is 0.186. The van der Waals surface area contributed by atoms with E-state index in [1.807, 2.05) is 30.3 Å². The van der Waals surface area contributed by atoms with Crippen molar-refractivity contribution in [3.05, 3.63) is 30.3 Å². The molecule has 1 rings (SSSR count). The highest BCUT2D eigenvalue weighted by atomic mass is 16.5. The van der Waals surface area contributed by atoms with Crippen molar-refractivity contribution < 1.29 is 14.9 Å². The molecule has 1 aromatic carbocycles. The minimum Gasteiger partial charge on any atom is -0.497 e. The molecule has 0 aliphatic carbocycles. The van der Waals surface area contributed by atoms with Crippen molar-refractivity contribution in [1.29, 1.82) is 0 Å². The normalized spacial score (nSPS) is 8.25. The number of aliphatic hydroxyl groups excluding tert-OH is 2. The summed E-state index contributed by atoms with van der Waals surface area (Å²) in [6, 6.07) is 9.68. The Bertz CT molecular complexity index is 172. The fourth-order valence-corrected chi connectivity index (χ4v) is 0.557. The third-order valence-corrected chi connectivity index (χ3v) is 1.08. The Labute approximate surface area is 72.2 Å². The monoisotopic (exact) mass is 170 g/mol. The first kappa shape index (κ1) is 10.9. The van der Waals surface area contributed by atoms with E-state index in [4.69, 9.17) is 14.9 Å². The molecule has 0 spiro atoms. The van der Waals surface area contributed by atoms with Crippen molar-refractivity contribution in [3.8, 4) is 5.75 Å². The van der Waals surface area contributed by atoms with Crippen molar-refractivity contribution in [2.45, 2.75) is 0 Å². The molecule has 0 saturated carbocycles. The number of rotatable bonds is 2. The van der Waals surface area contributed by atoms with Gasteiger partial charge in [-0.3, -0.25) is 0 Å². The molecule has 0 aliphatic heterocycles. The van der Waals surface area contributed by atoms with Crippen LogP contribution in [0, 0.1) is 0 Å². The molecule has 0 saturated heterocycles. The van der Waals surface area contributed by atoms with Gasteiger partial charge in [-0.2, -0.15) is 0 Å². The van der Waals surface area contributed by atoms with Gasteiger partial charge >= 0.3 is 0 Å². The average molecular weight is 170 g/mol. The molecule has 12 heavy (non-hydrogen) atoms. The second kappa shape index (κ2) is 8.04. The summed E-state index contributed by atoms with van der Waals surface area (Å²) in [6.45, 7) is -0.250. The molecule has 0 radical (unpaired) electrons. The summed E-state index contributed by atoms with van der Waals surface area (Å²) in [5, 5.41) is 15.2. The van der Waals surface area contributed by atoms with E-state index in [2.05, 4.69) is 0 Å². The van der Waals surface area contributed by atoms with Gasteiger partial charge in [0, 0.05) is 0 Å². The van der Waals surface area contributed by atoms with Crippen LogP contribution < -0.4 is 4.74 Å². The number of hydrogen-bond acceptors (Lipinski definition) is 3. The zero-order valence-electron chi connectivity index (χ0n) is 7.10. The fourth-order valence-electron chi connectivity index (χ4n) is 0.557. The number of methoxy groups -OCH3 is 1. The molecule has 0 amide bonds. The highest BCUT2D eigenvalue weighted by Gasteiger charge is 1.80. The summed E-state index contributed by atoms with van der Waals surface area (Å²) >= 11 is 0. The van der Waals surface area contributed by atoms with E-state index in [0.29, 0.717) is 0 Å². The third-order valence-electron chi connectivity index (χ3n) is 1.08. The first-order valence-corrected chi connectivity index (χ1v) is 3.66. The Morgan fingerprint density at radius 2 is 1.58 bits per heavy atom. The number of hydrogen-bond donors (Lipinski definition) is 2. The van der Waals surface area contributed by atoms with Gasteiger partial charge in [-0.25, -0.2) is 0 Å². The minimum atomic E-state index is -0.125. The van der Waals surface area contributed by atoms with Gasteiger partial charge in [-0.05, 0) is 12.1 Å². The molecule has 0 heterocycles. The van der Waals surface area contributed by atoms with E-state index in [0.717, 1.165) is 5.75 Å². The molecule has 3 nitrogen and oxygen atoms in total. The summed E-state index contributed by atoms with van der Waals surface area (Å²) in [7, 11) is 1.66. The van der Waals surface area contributed by atoms with E-state index in [1.165, 1.54) is 0 Å². The van der Waals surface area contributed by atoms with Crippen molar-refractivity contribution in [2.24, 2.45) is 0 Å². The van der Waals surface area contributed by atoms with Gasteiger partial charge < -0.3 is 14.9 Å². The second-order valence-electron chi connectivity index (χ2n) is 1.96. The summed E-state index contributed by atoms with van der Waals surface area (Å²) in [5.74, 6) is 0.910. The number of benzene rings is 1. The third kappa shape index (κ3) is 5.70. The first-order valence-electron chi connectivity index (χ1n) is 3.66. The summed E-state index contributed by atoms with van der Waals surface area (Å²) < 4.78 is 4.91. The number of para-hydroxylation sites is 1. The molecule has 0 bridgehead atoms. The van der Waals surface area contributed by atoms with E-state index in [9.17, 15) is 0 Å². The molecule has 0 unspecified atom stereocenters. The van der Waals surface area contributed by atoms with E-state index in [-0.39, 0.29) is 13.2 Å². The quantitative estimate of drug-likeness (QED) is 0.685. The lowest BCUT2D eigenvalue weighted by Crippen LogP contribution is -1.85. The van der Waals surface area contributed by atoms with Crippen molar-refractivity contribution >= 4 is 0 Å². The highest BCUT2D eigenvalue weighted by Crippen LogP contribution is 2.05. The van der Waals surface area contributed by atoms with E-state index in [1.54, 1.807) is 7.11 Å². The van der Waals surface area contributed by atoms with E-state index >= 15 is 0 Å². The fraction of sp³-hybridized carbons (Fsp3) is 0.333. The van der Waals surface area contributed by atoms with Crippen LogP contribution in [0.15, 0.2) is 30.3 Å². The molecular formula is C9H14O3. The minimum absolute atomic E-state index is 0.125. The highest BCUT2D eigenvalue weighted by molar-refractivity contribution is 5.20. The lowest BCUT2D eigenvalue weighted by atomic mass is 10.3. The average Bonchev–Trinajstić information content (AvgIpc) is 2.19. The number of aliphatic hydroxyl groups is 2. The molecule has 1 aromatic rings. The maximum absolute atomic E-state index is 7.62. The molecule has 2 N–H and O–H groups in total. The maximum Gasteiger partial charge on any atom is 0.118 e. The first-order chi connectivity index (χ1) is 5.85. The van der Waals surface area contributed by atoms with Gasteiger partial charge in [0.1, 0.15) is 5.75 Å². The van der Waals surface area contributed by atoms with Crippen LogP contribution in [-0.2, 0) is 0 Å².